The zero-order valence-corrected chi connectivity index (χ0v) is 12.0. The van der Waals surface area contributed by atoms with E-state index in [2.05, 4.69) is 20.8 Å². The van der Waals surface area contributed by atoms with Gasteiger partial charge >= 0.3 is 0 Å². The molecule has 0 spiro atoms. The third kappa shape index (κ3) is 4.37. The minimum Gasteiger partial charge on any atom is -0.490 e. The van der Waals surface area contributed by atoms with Crippen LogP contribution in [-0.4, -0.2) is 22.4 Å². The van der Waals surface area contributed by atoms with E-state index in [-0.39, 0.29) is 10.5 Å². The second kappa shape index (κ2) is 5.35. The first-order valence-electron chi connectivity index (χ1n) is 6.38. The molecule has 3 heteroatoms. The Labute approximate surface area is 113 Å². The van der Waals surface area contributed by atoms with Gasteiger partial charge in [0.2, 0.25) is 0 Å². The molecule has 1 aliphatic rings. The van der Waals surface area contributed by atoms with Gasteiger partial charge in [-0.25, -0.2) is 0 Å². The molecule has 1 fully saturated rings. The van der Waals surface area contributed by atoms with E-state index in [1.165, 1.54) is 0 Å². The molecular formula is C15H20O2S. The number of Topliss-reactive ketones (excluding diaryl/α,β-unsaturated/α-hetero) is 1. The summed E-state index contributed by atoms with van der Waals surface area (Å²) in [4.78, 5) is 12.1. The molecule has 1 saturated carbocycles. The molecule has 0 amide bonds. The van der Waals surface area contributed by atoms with Crippen LogP contribution in [-0.2, 0) is 0 Å². The second-order valence-electron chi connectivity index (χ2n) is 5.67. The largest absolute Gasteiger partial charge is 0.490 e. The summed E-state index contributed by atoms with van der Waals surface area (Å²) in [5, 5.41) is 0. The molecule has 0 radical (unpaired) electrons. The van der Waals surface area contributed by atoms with Gasteiger partial charge in [-0.1, -0.05) is 32.9 Å². The minimum atomic E-state index is 0.123. The number of rotatable bonds is 5. The van der Waals surface area contributed by atoms with Gasteiger partial charge in [-0.3, -0.25) is 4.79 Å². The van der Waals surface area contributed by atoms with Crippen molar-refractivity contribution in [1.29, 1.82) is 0 Å². The first kappa shape index (κ1) is 13.5. The maximum atomic E-state index is 12.1. The number of ether oxygens (including phenoxy) is 1. The van der Waals surface area contributed by atoms with Gasteiger partial charge in [0.05, 0.1) is 11.9 Å². The number of benzene rings is 1. The molecule has 0 atom stereocenters. The lowest BCUT2D eigenvalue weighted by Crippen LogP contribution is -2.13. The minimum absolute atomic E-state index is 0.123. The summed E-state index contributed by atoms with van der Waals surface area (Å²) in [6.07, 6.45) is 2.65. The van der Waals surface area contributed by atoms with Gasteiger partial charge in [0, 0.05) is 10.3 Å². The molecule has 2 nitrogen and oxygen atoms in total. The van der Waals surface area contributed by atoms with Gasteiger partial charge in [0.1, 0.15) is 5.75 Å². The van der Waals surface area contributed by atoms with Gasteiger partial charge in [-0.15, -0.1) is 11.8 Å². The van der Waals surface area contributed by atoms with Crippen LogP contribution >= 0.6 is 11.8 Å². The van der Waals surface area contributed by atoms with Crippen molar-refractivity contribution in [3.8, 4) is 5.75 Å². The Bertz CT molecular complexity index is 430. The predicted octanol–water partition coefficient (Wildman–Crippen LogP) is 3.94. The van der Waals surface area contributed by atoms with Gasteiger partial charge < -0.3 is 4.74 Å². The number of hydrogen-bond donors (Lipinski definition) is 0. The van der Waals surface area contributed by atoms with E-state index in [9.17, 15) is 4.79 Å². The van der Waals surface area contributed by atoms with Crippen molar-refractivity contribution < 1.29 is 9.53 Å². The summed E-state index contributed by atoms with van der Waals surface area (Å²) in [6.45, 7) is 6.37. The van der Waals surface area contributed by atoms with Crippen molar-refractivity contribution in [2.24, 2.45) is 0 Å². The van der Waals surface area contributed by atoms with E-state index in [0.29, 0.717) is 11.9 Å². The lowest BCUT2D eigenvalue weighted by molar-refractivity contribution is 0.102. The fourth-order valence-corrected chi connectivity index (χ4v) is 2.22. The van der Waals surface area contributed by atoms with Crippen molar-refractivity contribution in [3.05, 3.63) is 29.8 Å². The molecule has 0 saturated heterocycles. The zero-order chi connectivity index (χ0) is 13.2. The molecule has 0 N–H and O–H groups in total. The van der Waals surface area contributed by atoms with Crippen molar-refractivity contribution in [3.63, 3.8) is 0 Å². The van der Waals surface area contributed by atoms with Gasteiger partial charge in [-0.05, 0) is 25.0 Å². The van der Waals surface area contributed by atoms with E-state index < -0.39 is 0 Å². The highest BCUT2D eigenvalue weighted by Gasteiger charge is 2.23. The highest BCUT2D eigenvalue weighted by Crippen LogP contribution is 2.28. The molecule has 0 heterocycles. The maximum Gasteiger partial charge on any atom is 0.172 e. The molecule has 98 valence electrons. The predicted molar refractivity (Wildman–Crippen MR) is 76.6 cm³/mol. The van der Waals surface area contributed by atoms with E-state index in [1.54, 1.807) is 11.8 Å². The Morgan fingerprint density at radius 2 is 2.11 bits per heavy atom. The number of carbonyl (C=O) groups excluding carboxylic acids is 1. The Morgan fingerprint density at radius 1 is 1.39 bits per heavy atom. The fourth-order valence-electron chi connectivity index (χ4n) is 1.49. The molecule has 18 heavy (non-hydrogen) atoms. The van der Waals surface area contributed by atoms with E-state index in [4.69, 9.17) is 4.74 Å². The molecular weight excluding hydrogens is 244 g/mol. The molecule has 1 aromatic carbocycles. The van der Waals surface area contributed by atoms with Crippen LogP contribution in [0.4, 0.5) is 0 Å². The SMILES string of the molecule is CC(C)(C)SCC(=O)c1cccc(OC2CC2)c1. The summed E-state index contributed by atoms with van der Waals surface area (Å²) < 4.78 is 5.83. The number of thioether (sulfide) groups is 1. The van der Waals surface area contributed by atoms with Crippen LogP contribution in [0, 0.1) is 0 Å². The number of ketones is 1. The standard InChI is InChI=1S/C15H20O2S/c1-15(2,3)18-10-14(16)11-5-4-6-13(9-11)17-12-7-8-12/h4-6,9,12H,7-8,10H2,1-3H3. The highest BCUT2D eigenvalue weighted by molar-refractivity contribution is 8.01. The van der Waals surface area contributed by atoms with Crippen LogP contribution in [0.15, 0.2) is 24.3 Å². The molecule has 2 rings (SSSR count). The van der Waals surface area contributed by atoms with E-state index in [0.717, 1.165) is 24.2 Å². The smallest absolute Gasteiger partial charge is 0.172 e. The molecule has 0 unspecified atom stereocenters. The average molecular weight is 264 g/mol. The van der Waals surface area contributed by atoms with Crippen LogP contribution in [0.2, 0.25) is 0 Å². The zero-order valence-electron chi connectivity index (χ0n) is 11.2. The third-order valence-electron chi connectivity index (χ3n) is 2.62. The Balaban J connectivity index is 1.96. The van der Waals surface area contributed by atoms with Gasteiger partial charge in [0.25, 0.3) is 0 Å². The van der Waals surface area contributed by atoms with E-state index >= 15 is 0 Å². The summed E-state index contributed by atoms with van der Waals surface area (Å²) in [7, 11) is 0. The van der Waals surface area contributed by atoms with Gasteiger partial charge in [0.15, 0.2) is 5.78 Å². The monoisotopic (exact) mass is 264 g/mol. The topological polar surface area (TPSA) is 26.3 Å². The summed E-state index contributed by atoms with van der Waals surface area (Å²) in [6, 6.07) is 7.55. The molecule has 1 aliphatic carbocycles. The second-order valence-corrected chi connectivity index (χ2v) is 7.47. The Morgan fingerprint density at radius 3 is 2.72 bits per heavy atom. The molecule has 0 aromatic heterocycles. The number of hydrogen-bond acceptors (Lipinski definition) is 3. The average Bonchev–Trinajstić information content (AvgIpc) is 3.09. The number of carbonyl (C=O) groups is 1. The van der Waals surface area contributed by atoms with Crippen molar-refractivity contribution in [1.82, 2.24) is 0 Å². The lowest BCUT2D eigenvalue weighted by atomic mass is 10.1. The van der Waals surface area contributed by atoms with Crippen LogP contribution in [0.5, 0.6) is 5.75 Å². The third-order valence-corrected chi connectivity index (χ3v) is 3.89. The Hall–Kier alpha value is -0.960. The van der Waals surface area contributed by atoms with Crippen LogP contribution in [0.3, 0.4) is 0 Å². The summed E-state index contributed by atoms with van der Waals surface area (Å²) in [5.41, 5.74) is 0.755. The first-order chi connectivity index (χ1) is 8.44. The summed E-state index contributed by atoms with van der Waals surface area (Å²) in [5.74, 6) is 1.52. The first-order valence-corrected chi connectivity index (χ1v) is 7.36. The van der Waals surface area contributed by atoms with Crippen molar-refractivity contribution in [2.75, 3.05) is 5.75 Å². The normalized spacial score (nSPS) is 15.5. The quantitative estimate of drug-likeness (QED) is 0.753. The van der Waals surface area contributed by atoms with Crippen molar-refractivity contribution >= 4 is 17.5 Å². The van der Waals surface area contributed by atoms with Gasteiger partial charge in [-0.2, -0.15) is 0 Å². The van der Waals surface area contributed by atoms with Crippen molar-refractivity contribution in [2.45, 2.75) is 44.5 Å². The molecule has 1 aromatic rings. The molecule has 0 aliphatic heterocycles. The van der Waals surface area contributed by atoms with E-state index in [1.807, 2.05) is 24.3 Å². The van der Waals surface area contributed by atoms with Crippen LogP contribution in [0.1, 0.15) is 44.0 Å². The summed E-state index contributed by atoms with van der Waals surface area (Å²) >= 11 is 1.68. The Kier molecular flexibility index (Phi) is 4.00. The fraction of sp³-hybridized carbons (Fsp3) is 0.533. The maximum absolute atomic E-state index is 12.1. The molecule has 0 bridgehead atoms. The highest BCUT2D eigenvalue weighted by atomic mass is 32.2. The lowest BCUT2D eigenvalue weighted by Gasteiger charge is -2.16. The van der Waals surface area contributed by atoms with Crippen LogP contribution in [0.25, 0.3) is 0 Å². The van der Waals surface area contributed by atoms with Crippen LogP contribution < -0.4 is 4.74 Å².